The average Bonchev–Trinajstić information content (AvgIpc) is 2.29. The van der Waals surface area contributed by atoms with E-state index in [0.717, 1.165) is 25.7 Å². The molecule has 2 atom stereocenters. The highest BCUT2D eigenvalue weighted by atomic mass is 16.1. The predicted molar refractivity (Wildman–Crippen MR) is 77.4 cm³/mol. The van der Waals surface area contributed by atoms with E-state index >= 15 is 0 Å². The van der Waals surface area contributed by atoms with Crippen molar-refractivity contribution in [3.63, 3.8) is 0 Å². The highest BCUT2D eigenvalue weighted by Gasteiger charge is 2.33. The molecule has 0 aromatic heterocycles. The van der Waals surface area contributed by atoms with E-state index in [1.54, 1.807) is 0 Å². The number of hydrogen-bond donors (Lipinski definition) is 1. The molecule has 1 N–H and O–H groups in total. The van der Waals surface area contributed by atoms with Crippen molar-refractivity contribution in [3.8, 4) is 0 Å². The molecule has 0 saturated carbocycles. The van der Waals surface area contributed by atoms with Gasteiger partial charge < -0.3 is 5.32 Å². The maximum absolute atomic E-state index is 10.9. The molecule has 0 fully saturated rings. The summed E-state index contributed by atoms with van der Waals surface area (Å²) in [5.74, 6) is 0.567. The third-order valence-electron chi connectivity index (χ3n) is 4.14. The van der Waals surface area contributed by atoms with Gasteiger partial charge in [-0.2, -0.15) is 0 Å². The third kappa shape index (κ3) is 4.32. The number of carbonyl (C=O) groups excluding carboxylic acids is 1. The van der Waals surface area contributed by atoms with Crippen LogP contribution in [0.5, 0.6) is 0 Å². The molecule has 0 bridgehead atoms. The van der Waals surface area contributed by atoms with Crippen molar-refractivity contribution in [2.75, 3.05) is 0 Å². The Morgan fingerprint density at radius 1 is 1.56 bits per heavy atom. The SMILES string of the molecule is CC(C)=CCC[C@](C)(NC=O)[C@H]1CC=C(C)CC1. The molecule has 102 valence electrons. The van der Waals surface area contributed by atoms with Crippen LogP contribution in [-0.2, 0) is 4.79 Å². The molecule has 18 heavy (non-hydrogen) atoms. The van der Waals surface area contributed by atoms with Crippen LogP contribution >= 0.6 is 0 Å². The normalized spacial score (nSPS) is 22.7. The first-order valence-corrected chi connectivity index (χ1v) is 6.98. The fourth-order valence-electron chi connectivity index (χ4n) is 2.73. The van der Waals surface area contributed by atoms with Gasteiger partial charge in [0.25, 0.3) is 0 Å². The summed E-state index contributed by atoms with van der Waals surface area (Å²) in [4.78, 5) is 10.9. The molecule has 0 radical (unpaired) electrons. The molecule has 2 nitrogen and oxygen atoms in total. The third-order valence-corrected chi connectivity index (χ3v) is 4.14. The largest absolute Gasteiger partial charge is 0.353 e. The van der Waals surface area contributed by atoms with Crippen LogP contribution in [0.25, 0.3) is 0 Å². The fraction of sp³-hybridized carbons (Fsp3) is 0.688. The topological polar surface area (TPSA) is 29.1 Å². The minimum absolute atomic E-state index is 0.0646. The van der Waals surface area contributed by atoms with Crippen molar-refractivity contribution in [1.82, 2.24) is 5.32 Å². The van der Waals surface area contributed by atoms with E-state index in [1.807, 2.05) is 0 Å². The molecule has 1 rings (SSSR count). The zero-order valence-electron chi connectivity index (χ0n) is 12.3. The Hall–Kier alpha value is -1.05. The van der Waals surface area contributed by atoms with Crippen LogP contribution in [0.15, 0.2) is 23.3 Å². The number of nitrogens with one attached hydrogen (secondary N) is 1. The zero-order chi connectivity index (χ0) is 13.6. The molecule has 1 aliphatic carbocycles. The molecule has 0 saturated heterocycles. The van der Waals surface area contributed by atoms with Crippen LogP contribution in [0.2, 0.25) is 0 Å². The van der Waals surface area contributed by atoms with Gasteiger partial charge in [-0.05, 0) is 65.7 Å². The van der Waals surface area contributed by atoms with Gasteiger partial charge in [0, 0.05) is 5.54 Å². The molecule has 2 heteroatoms. The van der Waals surface area contributed by atoms with E-state index in [-0.39, 0.29) is 5.54 Å². The molecule has 0 spiro atoms. The Morgan fingerprint density at radius 2 is 2.28 bits per heavy atom. The summed E-state index contributed by atoms with van der Waals surface area (Å²) in [6, 6.07) is 0. The van der Waals surface area contributed by atoms with Gasteiger partial charge in [-0.15, -0.1) is 0 Å². The summed E-state index contributed by atoms with van der Waals surface area (Å²) >= 11 is 0. The molecule has 0 unspecified atom stereocenters. The monoisotopic (exact) mass is 249 g/mol. The maximum atomic E-state index is 10.9. The maximum Gasteiger partial charge on any atom is 0.207 e. The Labute approximate surface area is 112 Å². The minimum atomic E-state index is -0.0646. The lowest BCUT2D eigenvalue weighted by atomic mass is 9.74. The van der Waals surface area contributed by atoms with Crippen molar-refractivity contribution in [3.05, 3.63) is 23.3 Å². The van der Waals surface area contributed by atoms with Crippen molar-refractivity contribution in [2.24, 2.45) is 5.92 Å². The van der Waals surface area contributed by atoms with Crippen LogP contribution in [0, 0.1) is 5.92 Å². The molecule has 0 heterocycles. The van der Waals surface area contributed by atoms with Gasteiger partial charge in [0.05, 0.1) is 0 Å². The Balaban J connectivity index is 2.67. The van der Waals surface area contributed by atoms with Gasteiger partial charge in [0.1, 0.15) is 0 Å². The van der Waals surface area contributed by atoms with Gasteiger partial charge in [-0.1, -0.05) is 23.3 Å². The highest BCUT2D eigenvalue weighted by Crippen LogP contribution is 2.34. The fourth-order valence-corrected chi connectivity index (χ4v) is 2.73. The van der Waals surface area contributed by atoms with Gasteiger partial charge in [0.2, 0.25) is 6.41 Å². The van der Waals surface area contributed by atoms with E-state index in [0.29, 0.717) is 5.92 Å². The van der Waals surface area contributed by atoms with Crippen LogP contribution in [0.3, 0.4) is 0 Å². The molecule has 1 amide bonds. The van der Waals surface area contributed by atoms with E-state index in [9.17, 15) is 4.79 Å². The van der Waals surface area contributed by atoms with Crippen LogP contribution in [0.1, 0.15) is 59.8 Å². The highest BCUT2D eigenvalue weighted by molar-refractivity contribution is 5.48. The molecule has 0 aromatic carbocycles. The molecule has 0 aromatic rings. The van der Waals surface area contributed by atoms with Crippen molar-refractivity contribution in [1.29, 1.82) is 0 Å². The lowest BCUT2D eigenvalue weighted by Gasteiger charge is -2.39. The summed E-state index contributed by atoms with van der Waals surface area (Å²) in [7, 11) is 0. The first-order chi connectivity index (χ1) is 8.48. The second-order valence-electron chi connectivity index (χ2n) is 6.02. The molecular weight excluding hydrogens is 222 g/mol. The lowest BCUT2D eigenvalue weighted by molar-refractivity contribution is -0.111. The van der Waals surface area contributed by atoms with Crippen molar-refractivity contribution < 1.29 is 4.79 Å². The Bertz CT molecular complexity index is 339. The van der Waals surface area contributed by atoms with Gasteiger partial charge in [-0.25, -0.2) is 0 Å². The van der Waals surface area contributed by atoms with E-state index in [4.69, 9.17) is 0 Å². The summed E-state index contributed by atoms with van der Waals surface area (Å²) in [6.45, 7) is 8.64. The van der Waals surface area contributed by atoms with Gasteiger partial charge >= 0.3 is 0 Å². The van der Waals surface area contributed by atoms with Crippen LogP contribution < -0.4 is 5.32 Å². The van der Waals surface area contributed by atoms with Crippen molar-refractivity contribution in [2.45, 2.75) is 65.3 Å². The molecule has 0 aliphatic heterocycles. The van der Waals surface area contributed by atoms with E-state index in [1.165, 1.54) is 24.0 Å². The van der Waals surface area contributed by atoms with Crippen LogP contribution in [0.4, 0.5) is 0 Å². The first kappa shape index (κ1) is 15.0. The second-order valence-corrected chi connectivity index (χ2v) is 6.02. The summed E-state index contributed by atoms with van der Waals surface area (Å²) in [6.07, 6.45) is 11.0. The number of amides is 1. The Morgan fingerprint density at radius 3 is 2.78 bits per heavy atom. The number of allylic oxidation sites excluding steroid dienone is 4. The van der Waals surface area contributed by atoms with E-state index in [2.05, 4.69) is 45.2 Å². The number of hydrogen-bond acceptors (Lipinski definition) is 1. The van der Waals surface area contributed by atoms with Gasteiger partial charge in [-0.3, -0.25) is 4.79 Å². The molecule has 1 aliphatic rings. The second kappa shape index (κ2) is 6.77. The van der Waals surface area contributed by atoms with Crippen LogP contribution in [-0.4, -0.2) is 11.9 Å². The minimum Gasteiger partial charge on any atom is -0.353 e. The summed E-state index contributed by atoms with van der Waals surface area (Å²) in [5, 5.41) is 3.08. The summed E-state index contributed by atoms with van der Waals surface area (Å²) < 4.78 is 0. The van der Waals surface area contributed by atoms with Gasteiger partial charge in [0.15, 0.2) is 0 Å². The summed E-state index contributed by atoms with van der Waals surface area (Å²) in [5.41, 5.74) is 2.78. The average molecular weight is 249 g/mol. The van der Waals surface area contributed by atoms with Crippen molar-refractivity contribution >= 4 is 6.41 Å². The lowest BCUT2D eigenvalue weighted by Crippen LogP contribution is -2.48. The zero-order valence-corrected chi connectivity index (χ0v) is 12.3. The number of carbonyl (C=O) groups is 1. The van der Waals surface area contributed by atoms with E-state index < -0.39 is 0 Å². The standard InChI is InChI=1S/C16H27NO/c1-13(2)6-5-11-16(4,17-12-18)15-9-7-14(3)8-10-15/h6-7,12,15H,5,8-11H2,1-4H3,(H,17,18)/t15-,16-/m0/s1. The Kier molecular flexibility index (Phi) is 5.64. The molecular formula is C16H27NO. The quantitative estimate of drug-likeness (QED) is 0.560. The predicted octanol–water partition coefficient (Wildman–Crippen LogP) is 3.98. The number of rotatable bonds is 6. The first-order valence-electron chi connectivity index (χ1n) is 6.98. The smallest absolute Gasteiger partial charge is 0.207 e.